The molecule has 19 heavy (non-hydrogen) atoms. The van der Waals surface area contributed by atoms with E-state index in [1.165, 1.54) is 44.1 Å². The molecule has 3 unspecified atom stereocenters. The zero-order valence-corrected chi connectivity index (χ0v) is 12.3. The summed E-state index contributed by atoms with van der Waals surface area (Å²) in [6, 6.07) is 0. The number of thiazole rings is 1. The lowest BCUT2D eigenvalue weighted by Gasteiger charge is -2.21. The number of carbonyl (C=O) groups excluding carboxylic acids is 1. The largest absolute Gasteiger partial charge is 0.464 e. The number of anilines is 1. The molecule has 2 saturated carbocycles. The summed E-state index contributed by atoms with van der Waals surface area (Å²) in [5.74, 6) is 2.34. The summed E-state index contributed by atoms with van der Waals surface area (Å²) >= 11 is 1.54. The zero-order chi connectivity index (χ0) is 13.4. The summed E-state index contributed by atoms with van der Waals surface area (Å²) in [6.45, 7) is 2.90. The average molecular weight is 280 g/mol. The van der Waals surface area contributed by atoms with E-state index in [-0.39, 0.29) is 5.97 Å². The van der Waals surface area contributed by atoms with E-state index in [0.717, 1.165) is 34.3 Å². The Morgan fingerprint density at radius 2 is 2.32 bits per heavy atom. The minimum absolute atomic E-state index is 0.346. The van der Waals surface area contributed by atoms with Crippen LogP contribution in [0.1, 0.15) is 41.0 Å². The molecule has 0 amide bonds. The summed E-state index contributed by atoms with van der Waals surface area (Å²) in [5, 5.41) is 4.26. The van der Waals surface area contributed by atoms with Crippen LogP contribution in [0, 0.1) is 24.7 Å². The fourth-order valence-electron chi connectivity index (χ4n) is 3.60. The maximum absolute atomic E-state index is 11.5. The molecule has 0 saturated heterocycles. The van der Waals surface area contributed by atoms with Gasteiger partial charge in [-0.1, -0.05) is 6.42 Å². The van der Waals surface area contributed by atoms with E-state index in [1.807, 2.05) is 6.92 Å². The van der Waals surface area contributed by atoms with Crippen molar-refractivity contribution in [1.82, 2.24) is 4.98 Å². The second kappa shape index (κ2) is 5.12. The highest BCUT2D eigenvalue weighted by molar-refractivity contribution is 7.15. The van der Waals surface area contributed by atoms with Gasteiger partial charge in [0.25, 0.3) is 0 Å². The first-order chi connectivity index (χ1) is 9.17. The van der Waals surface area contributed by atoms with Crippen LogP contribution in [-0.4, -0.2) is 24.6 Å². The lowest BCUT2D eigenvalue weighted by atomic mass is 9.89. The Balaban J connectivity index is 1.60. The van der Waals surface area contributed by atoms with Crippen molar-refractivity contribution in [3.05, 3.63) is 10.6 Å². The van der Waals surface area contributed by atoms with Crippen molar-refractivity contribution >= 4 is 22.4 Å². The van der Waals surface area contributed by atoms with E-state index in [4.69, 9.17) is 4.74 Å². The molecule has 0 aromatic carbocycles. The first kappa shape index (κ1) is 12.9. The summed E-state index contributed by atoms with van der Waals surface area (Å²) in [7, 11) is 1.39. The number of nitrogens with one attached hydrogen (secondary N) is 1. The minimum atomic E-state index is -0.346. The van der Waals surface area contributed by atoms with Gasteiger partial charge in [0.2, 0.25) is 0 Å². The van der Waals surface area contributed by atoms with Gasteiger partial charge in [0, 0.05) is 11.4 Å². The monoisotopic (exact) mass is 280 g/mol. The quantitative estimate of drug-likeness (QED) is 0.861. The van der Waals surface area contributed by atoms with Crippen molar-refractivity contribution in [2.24, 2.45) is 17.8 Å². The zero-order valence-electron chi connectivity index (χ0n) is 11.4. The van der Waals surface area contributed by atoms with Crippen LogP contribution in [0.5, 0.6) is 0 Å². The second-order valence-electron chi connectivity index (χ2n) is 5.73. The van der Waals surface area contributed by atoms with Gasteiger partial charge in [-0.25, -0.2) is 9.78 Å². The molecule has 2 bridgehead atoms. The van der Waals surface area contributed by atoms with Gasteiger partial charge in [-0.3, -0.25) is 0 Å². The third kappa shape index (κ3) is 2.48. The SMILES string of the molecule is COC(=O)c1nc(NCC2CC3CCC2C3)sc1C. The Morgan fingerprint density at radius 3 is 2.95 bits per heavy atom. The number of esters is 1. The van der Waals surface area contributed by atoms with Crippen molar-refractivity contribution in [3.8, 4) is 0 Å². The van der Waals surface area contributed by atoms with Crippen molar-refractivity contribution < 1.29 is 9.53 Å². The molecule has 0 aliphatic heterocycles. The van der Waals surface area contributed by atoms with Crippen LogP contribution in [0.2, 0.25) is 0 Å². The molecule has 0 radical (unpaired) electrons. The van der Waals surface area contributed by atoms with Crippen molar-refractivity contribution in [2.45, 2.75) is 32.6 Å². The van der Waals surface area contributed by atoms with Gasteiger partial charge < -0.3 is 10.1 Å². The van der Waals surface area contributed by atoms with Gasteiger partial charge in [0.1, 0.15) is 0 Å². The number of rotatable bonds is 4. The predicted octanol–water partition coefficient (Wildman–Crippen LogP) is 3.09. The molecule has 2 fully saturated rings. The number of carbonyl (C=O) groups is 1. The smallest absolute Gasteiger partial charge is 0.357 e. The summed E-state index contributed by atoms with van der Waals surface area (Å²) in [4.78, 5) is 16.8. The molecule has 5 heteroatoms. The van der Waals surface area contributed by atoms with Gasteiger partial charge in [0.15, 0.2) is 10.8 Å². The number of hydrogen-bond acceptors (Lipinski definition) is 5. The van der Waals surface area contributed by atoms with Crippen LogP contribution in [0.3, 0.4) is 0 Å². The Labute approximate surface area is 117 Å². The third-order valence-corrected chi connectivity index (χ3v) is 5.50. The third-order valence-electron chi connectivity index (χ3n) is 4.58. The number of ether oxygens (including phenoxy) is 1. The topological polar surface area (TPSA) is 51.2 Å². The van der Waals surface area contributed by atoms with E-state index in [2.05, 4.69) is 10.3 Å². The van der Waals surface area contributed by atoms with Crippen molar-refractivity contribution in [1.29, 1.82) is 0 Å². The van der Waals surface area contributed by atoms with Crippen LogP contribution in [0.4, 0.5) is 5.13 Å². The Kier molecular flexibility index (Phi) is 3.48. The number of hydrogen-bond donors (Lipinski definition) is 1. The fraction of sp³-hybridized carbons (Fsp3) is 0.714. The van der Waals surface area contributed by atoms with Crippen LogP contribution >= 0.6 is 11.3 Å². The summed E-state index contributed by atoms with van der Waals surface area (Å²) < 4.78 is 4.73. The number of methoxy groups -OCH3 is 1. The van der Waals surface area contributed by atoms with E-state index in [9.17, 15) is 4.79 Å². The van der Waals surface area contributed by atoms with E-state index >= 15 is 0 Å². The molecule has 1 N–H and O–H groups in total. The molecule has 2 aliphatic rings. The second-order valence-corrected chi connectivity index (χ2v) is 6.93. The maximum atomic E-state index is 11.5. The summed E-state index contributed by atoms with van der Waals surface area (Å²) in [5.41, 5.74) is 0.447. The molecule has 1 heterocycles. The normalized spacial score (nSPS) is 28.6. The molecule has 3 atom stereocenters. The first-order valence-corrected chi connectivity index (χ1v) is 7.78. The van der Waals surface area contributed by atoms with Gasteiger partial charge >= 0.3 is 5.97 Å². The highest BCUT2D eigenvalue weighted by Crippen LogP contribution is 2.48. The Morgan fingerprint density at radius 1 is 1.47 bits per heavy atom. The molecule has 0 spiro atoms. The van der Waals surface area contributed by atoms with Crippen LogP contribution in [0.15, 0.2) is 0 Å². The Bertz CT molecular complexity index is 486. The van der Waals surface area contributed by atoms with Crippen LogP contribution in [-0.2, 0) is 4.74 Å². The molecule has 1 aromatic heterocycles. The first-order valence-electron chi connectivity index (χ1n) is 6.97. The lowest BCUT2D eigenvalue weighted by molar-refractivity contribution is 0.0594. The van der Waals surface area contributed by atoms with Gasteiger partial charge in [-0.05, 0) is 43.9 Å². The van der Waals surface area contributed by atoms with Crippen molar-refractivity contribution in [3.63, 3.8) is 0 Å². The van der Waals surface area contributed by atoms with Crippen LogP contribution in [0.25, 0.3) is 0 Å². The van der Waals surface area contributed by atoms with Gasteiger partial charge in [0.05, 0.1) is 7.11 Å². The van der Waals surface area contributed by atoms with Crippen LogP contribution < -0.4 is 5.32 Å². The fourth-order valence-corrected chi connectivity index (χ4v) is 4.41. The predicted molar refractivity (Wildman–Crippen MR) is 75.6 cm³/mol. The highest BCUT2D eigenvalue weighted by Gasteiger charge is 2.39. The molecular formula is C14H20N2O2S. The van der Waals surface area contributed by atoms with E-state index in [1.54, 1.807) is 0 Å². The van der Waals surface area contributed by atoms with Crippen molar-refractivity contribution in [2.75, 3.05) is 19.0 Å². The average Bonchev–Trinajstić information content (AvgIpc) is 3.10. The number of aromatic nitrogens is 1. The Hall–Kier alpha value is -1.10. The highest BCUT2D eigenvalue weighted by atomic mass is 32.1. The maximum Gasteiger partial charge on any atom is 0.357 e. The number of nitrogens with zero attached hydrogens (tertiary/aromatic N) is 1. The van der Waals surface area contributed by atoms with E-state index < -0.39 is 0 Å². The lowest BCUT2D eigenvalue weighted by Crippen LogP contribution is -2.20. The van der Waals surface area contributed by atoms with Gasteiger partial charge in [-0.15, -0.1) is 11.3 Å². The number of aryl methyl sites for hydroxylation is 1. The van der Waals surface area contributed by atoms with Gasteiger partial charge in [-0.2, -0.15) is 0 Å². The van der Waals surface area contributed by atoms with E-state index in [0.29, 0.717) is 5.69 Å². The molecule has 3 rings (SSSR count). The summed E-state index contributed by atoms with van der Waals surface area (Å²) in [6.07, 6.45) is 5.63. The molecule has 1 aromatic rings. The molecule has 104 valence electrons. The standard InChI is InChI=1S/C14H20N2O2S/c1-8-12(13(17)18-2)16-14(19-8)15-7-11-6-9-3-4-10(11)5-9/h9-11H,3-7H2,1-2H3,(H,15,16). The minimum Gasteiger partial charge on any atom is -0.464 e. The molecule has 2 aliphatic carbocycles. The molecule has 4 nitrogen and oxygen atoms in total. The number of fused-ring (bicyclic) bond motifs is 2. The molecular weight excluding hydrogens is 260 g/mol.